The van der Waals surface area contributed by atoms with Crippen molar-refractivity contribution in [2.24, 2.45) is 5.14 Å². The number of nitrogens with one attached hydrogen (secondary N) is 1. The van der Waals surface area contributed by atoms with Gasteiger partial charge in [-0.25, -0.2) is 13.6 Å². The Kier molecular flexibility index (Phi) is 4.67. The fourth-order valence-corrected chi connectivity index (χ4v) is 3.03. The minimum atomic E-state index is -3.68. The summed E-state index contributed by atoms with van der Waals surface area (Å²) in [5.41, 5.74) is 2.83. The third-order valence-corrected chi connectivity index (χ3v) is 4.67. The van der Waals surface area contributed by atoms with Gasteiger partial charge < -0.3 is 10.1 Å². The van der Waals surface area contributed by atoms with Crippen molar-refractivity contribution in [3.63, 3.8) is 0 Å². The van der Waals surface area contributed by atoms with E-state index in [2.05, 4.69) is 5.32 Å². The molecule has 1 fully saturated rings. The lowest BCUT2D eigenvalue weighted by molar-refractivity contribution is 0.144. The molecule has 0 amide bonds. The van der Waals surface area contributed by atoms with E-state index in [1.165, 1.54) is 0 Å². The molecule has 1 atom stereocenters. The van der Waals surface area contributed by atoms with Crippen LogP contribution in [0, 0.1) is 13.8 Å². The molecule has 6 heteroatoms. The van der Waals surface area contributed by atoms with E-state index in [4.69, 9.17) is 9.88 Å². The molecule has 0 aliphatic carbocycles. The molecule has 1 aliphatic rings. The maximum atomic E-state index is 11.5. The van der Waals surface area contributed by atoms with Gasteiger partial charge in [0.15, 0.2) is 0 Å². The Labute approximate surface area is 120 Å². The van der Waals surface area contributed by atoms with Gasteiger partial charge in [0.1, 0.15) is 0 Å². The van der Waals surface area contributed by atoms with Gasteiger partial charge in [-0.2, -0.15) is 0 Å². The van der Waals surface area contributed by atoms with E-state index >= 15 is 0 Å². The molecule has 0 spiro atoms. The predicted molar refractivity (Wildman–Crippen MR) is 79.4 cm³/mol. The zero-order valence-corrected chi connectivity index (χ0v) is 12.8. The van der Waals surface area contributed by atoms with Gasteiger partial charge in [0, 0.05) is 24.9 Å². The van der Waals surface area contributed by atoms with Gasteiger partial charge in [0.05, 0.1) is 4.90 Å². The van der Waals surface area contributed by atoms with E-state index in [0.29, 0.717) is 6.04 Å². The molecule has 3 N–H and O–H groups in total. The second-order valence-electron chi connectivity index (χ2n) is 5.34. The Morgan fingerprint density at radius 3 is 2.70 bits per heavy atom. The van der Waals surface area contributed by atoms with E-state index in [0.717, 1.165) is 49.3 Å². The molecule has 1 heterocycles. The van der Waals surface area contributed by atoms with Gasteiger partial charge in [0.2, 0.25) is 10.0 Å². The highest BCUT2D eigenvalue weighted by molar-refractivity contribution is 7.89. The highest BCUT2D eigenvalue weighted by Crippen LogP contribution is 2.25. The molecule has 0 radical (unpaired) electrons. The van der Waals surface area contributed by atoms with Crippen molar-refractivity contribution in [1.82, 2.24) is 0 Å². The van der Waals surface area contributed by atoms with Crippen LogP contribution in [0.15, 0.2) is 17.0 Å². The van der Waals surface area contributed by atoms with Gasteiger partial charge in [0.25, 0.3) is 0 Å². The highest BCUT2D eigenvalue weighted by Gasteiger charge is 2.16. The fraction of sp³-hybridized carbons (Fsp3) is 0.571. The summed E-state index contributed by atoms with van der Waals surface area (Å²) < 4.78 is 28.5. The van der Waals surface area contributed by atoms with Crippen LogP contribution in [0.1, 0.15) is 30.4 Å². The molecule has 0 bridgehead atoms. The van der Waals surface area contributed by atoms with Gasteiger partial charge in [-0.1, -0.05) is 0 Å². The summed E-state index contributed by atoms with van der Waals surface area (Å²) in [6.07, 6.45) is 2.97. The Morgan fingerprint density at radius 2 is 2.00 bits per heavy atom. The second kappa shape index (κ2) is 6.11. The van der Waals surface area contributed by atoms with Gasteiger partial charge >= 0.3 is 0 Å². The SMILES string of the molecule is Cc1cc(S(N)(=O)=O)cc(NC2CCCOCC2)c1C. The summed E-state index contributed by atoms with van der Waals surface area (Å²) in [4.78, 5) is 0.160. The summed E-state index contributed by atoms with van der Waals surface area (Å²) in [6, 6.07) is 3.56. The van der Waals surface area contributed by atoms with Crippen LogP contribution in [0.3, 0.4) is 0 Å². The molecule has 1 unspecified atom stereocenters. The molecule has 1 aromatic rings. The number of nitrogens with two attached hydrogens (primary N) is 1. The van der Waals surface area contributed by atoms with Gasteiger partial charge in [-0.05, 0) is 56.4 Å². The fourth-order valence-electron chi connectivity index (χ4n) is 2.41. The van der Waals surface area contributed by atoms with Crippen LogP contribution < -0.4 is 10.5 Å². The van der Waals surface area contributed by atoms with Crippen molar-refractivity contribution in [3.05, 3.63) is 23.3 Å². The van der Waals surface area contributed by atoms with Crippen LogP contribution >= 0.6 is 0 Å². The molecule has 5 nitrogen and oxygen atoms in total. The number of hydrogen-bond donors (Lipinski definition) is 2. The number of ether oxygens (including phenoxy) is 1. The first-order chi connectivity index (χ1) is 9.38. The molecule has 0 aromatic heterocycles. The van der Waals surface area contributed by atoms with E-state index in [1.807, 2.05) is 13.8 Å². The van der Waals surface area contributed by atoms with Crippen molar-refractivity contribution >= 4 is 15.7 Å². The lowest BCUT2D eigenvalue weighted by atomic mass is 10.1. The molecule has 20 heavy (non-hydrogen) atoms. The van der Waals surface area contributed by atoms with Crippen LogP contribution in [-0.2, 0) is 14.8 Å². The van der Waals surface area contributed by atoms with Gasteiger partial charge in [-0.15, -0.1) is 0 Å². The summed E-state index contributed by atoms with van der Waals surface area (Å²) in [5, 5.41) is 8.67. The zero-order valence-electron chi connectivity index (χ0n) is 12.0. The Hall–Kier alpha value is -1.11. The minimum Gasteiger partial charge on any atom is -0.382 e. The molecule has 112 valence electrons. The average molecular weight is 298 g/mol. The van der Waals surface area contributed by atoms with Crippen LogP contribution in [-0.4, -0.2) is 27.7 Å². The maximum absolute atomic E-state index is 11.5. The lowest BCUT2D eigenvalue weighted by Gasteiger charge is -2.20. The van der Waals surface area contributed by atoms with Crippen molar-refractivity contribution in [2.45, 2.75) is 44.0 Å². The van der Waals surface area contributed by atoms with Crippen LogP contribution in [0.5, 0.6) is 0 Å². The van der Waals surface area contributed by atoms with Crippen molar-refractivity contribution in [1.29, 1.82) is 0 Å². The molecular formula is C14H22N2O3S. The summed E-state index contributed by atoms with van der Waals surface area (Å²) >= 11 is 0. The monoisotopic (exact) mass is 298 g/mol. The normalized spacial score (nSPS) is 20.4. The van der Waals surface area contributed by atoms with E-state index in [9.17, 15) is 8.42 Å². The predicted octanol–water partition coefficient (Wildman–Crippen LogP) is 1.93. The van der Waals surface area contributed by atoms with Crippen molar-refractivity contribution in [3.8, 4) is 0 Å². The smallest absolute Gasteiger partial charge is 0.238 e. The number of sulfonamides is 1. The first kappa shape index (κ1) is 15.3. The third kappa shape index (κ3) is 3.71. The number of anilines is 1. The standard InChI is InChI=1S/C14H22N2O3S/c1-10-8-13(20(15,17)18)9-14(11(10)2)16-12-4-3-6-19-7-5-12/h8-9,12,16H,3-7H2,1-2H3,(H2,15,17,18). The molecule has 1 aliphatic heterocycles. The van der Waals surface area contributed by atoms with E-state index in [1.54, 1.807) is 12.1 Å². The topological polar surface area (TPSA) is 81.4 Å². The molecule has 1 saturated heterocycles. The van der Waals surface area contributed by atoms with Crippen LogP contribution in [0.4, 0.5) is 5.69 Å². The summed E-state index contributed by atoms with van der Waals surface area (Å²) in [5.74, 6) is 0. The largest absolute Gasteiger partial charge is 0.382 e. The van der Waals surface area contributed by atoms with Crippen LogP contribution in [0.25, 0.3) is 0 Å². The number of aryl methyl sites for hydroxylation is 1. The highest BCUT2D eigenvalue weighted by atomic mass is 32.2. The quantitative estimate of drug-likeness (QED) is 0.893. The summed E-state index contributed by atoms with van der Waals surface area (Å²) in [7, 11) is -3.68. The summed E-state index contributed by atoms with van der Waals surface area (Å²) in [6.45, 7) is 5.42. The van der Waals surface area contributed by atoms with Gasteiger partial charge in [-0.3, -0.25) is 0 Å². The number of hydrogen-bond acceptors (Lipinski definition) is 4. The Bertz CT molecular complexity index is 576. The lowest BCUT2D eigenvalue weighted by Crippen LogP contribution is -2.21. The number of rotatable bonds is 3. The third-order valence-electron chi connectivity index (χ3n) is 3.78. The molecule has 1 aromatic carbocycles. The van der Waals surface area contributed by atoms with E-state index < -0.39 is 10.0 Å². The Morgan fingerprint density at radius 1 is 1.25 bits per heavy atom. The molecule has 2 rings (SSSR count). The minimum absolute atomic E-state index is 0.160. The first-order valence-electron chi connectivity index (χ1n) is 6.86. The first-order valence-corrected chi connectivity index (χ1v) is 8.41. The number of benzene rings is 1. The number of primary sulfonamides is 1. The maximum Gasteiger partial charge on any atom is 0.238 e. The van der Waals surface area contributed by atoms with Crippen molar-refractivity contribution < 1.29 is 13.2 Å². The second-order valence-corrected chi connectivity index (χ2v) is 6.90. The average Bonchev–Trinajstić information content (AvgIpc) is 2.62. The van der Waals surface area contributed by atoms with Crippen LogP contribution in [0.2, 0.25) is 0 Å². The molecule has 0 saturated carbocycles. The zero-order chi connectivity index (χ0) is 14.8. The van der Waals surface area contributed by atoms with Crippen molar-refractivity contribution in [2.75, 3.05) is 18.5 Å². The van der Waals surface area contributed by atoms with E-state index in [-0.39, 0.29) is 4.90 Å². The molecular weight excluding hydrogens is 276 g/mol. The Balaban J connectivity index is 2.28.